The Hall–Kier alpha value is -0.680. The van der Waals surface area contributed by atoms with Gasteiger partial charge in [-0.3, -0.25) is 0 Å². The van der Waals surface area contributed by atoms with Crippen molar-refractivity contribution in [3.63, 3.8) is 0 Å². The minimum absolute atomic E-state index is 0.200. The van der Waals surface area contributed by atoms with Gasteiger partial charge in [0.2, 0.25) is 0 Å². The van der Waals surface area contributed by atoms with Crippen LogP contribution >= 0.6 is 15.9 Å². The average molecular weight is 290 g/mol. The molecule has 0 aromatic carbocycles. The lowest BCUT2D eigenvalue weighted by Crippen LogP contribution is -2.23. The van der Waals surface area contributed by atoms with E-state index in [-0.39, 0.29) is 11.9 Å². The Bertz CT molecular complexity index is 344. The summed E-state index contributed by atoms with van der Waals surface area (Å²) in [6, 6.07) is 1.61. The zero-order chi connectivity index (χ0) is 12.1. The van der Waals surface area contributed by atoms with Gasteiger partial charge in [0.25, 0.3) is 0 Å². The number of nitrogens with one attached hydrogen (secondary N) is 1. The van der Waals surface area contributed by atoms with Crippen LogP contribution in [-0.2, 0) is 0 Å². The van der Waals surface area contributed by atoms with E-state index in [2.05, 4.69) is 31.1 Å². The Morgan fingerprint density at radius 3 is 2.81 bits per heavy atom. The third-order valence-corrected chi connectivity index (χ3v) is 2.63. The molecule has 0 amide bonds. The van der Waals surface area contributed by atoms with Crippen molar-refractivity contribution in [2.45, 2.75) is 19.4 Å². The average Bonchev–Trinajstić information content (AvgIpc) is 2.19. The number of aromatic nitrogens is 1. The largest absolute Gasteiger partial charge is 0.365 e. The van der Waals surface area contributed by atoms with Crippen molar-refractivity contribution in [2.24, 2.45) is 0 Å². The normalized spacial score (nSPS) is 12.9. The second-order valence-corrected chi connectivity index (χ2v) is 5.04. The molecule has 0 saturated carbocycles. The number of nitrogens with zero attached hydrogens (tertiary/aromatic N) is 2. The van der Waals surface area contributed by atoms with Gasteiger partial charge in [-0.05, 0) is 56.0 Å². The fourth-order valence-corrected chi connectivity index (χ4v) is 1.58. The topological polar surface area (TPSA) is 28.2 Å². The standard InChI is InChI=1S/C11H17BrFN3/c1-8(4-5-16(2)3)15-11-10(13)6-9(12)7-14-11/h6-8H,4-5H2,1-3H3,(H,14,15). The highest BCUT2D eigenvalue weighted by atomic mass is 79.9. The van der Waals surface area contributed by atoms with Gasteiger partial charge in [-0.1, -0.05) is 0 Å². The first kappa shape index (κ1) is 13.4. The van der Waals surface area contributed by atoms with E-state index in [4.69, 9.17) is 0 Å². The summed E-state index contributed by atoms with van der Waals surface area (Å²) in [6.45, 7) is 2.99. The van der Waals surface area contributed by atoms with Crippen LogP contribution in [-0.4, -0.2) is 36.6 Å². The summed E-state index contributed by atoms with van der Waals surface area (Å²) >= 11 is 3.18. The molecule has 0 bridgehead atoms. The molecule has 1 atom stereocenters. The number of pyridine rings is 1. The smallest absolute Gasteiger partial charge is 0.166 e. The van der Waals surface area contributed by atoms with E-state index in [0.29, 0.717) is 10.3 Å². The Balaban J connectivity index is 2.52. The van der Waals surface area contributed by atoms with E-state index in [1.54, 1.807) is 6.20 Å². The monoisotopic (exact) mass is 289 g/mol. The van der Waals surface area contributed by atoms with Crippen LogP contribution in [0.15, 0.2) is 16.7 Å². The van der Waals surface area contributed by atoms with Gasteiger partial charge < -0.3 is 10.2 Å². The van der Waals surface area contributed by atoms with Crippen molar-refractivity contribution in [1.82, 2.24) is 9.88 Å². The summed E-state index contributed by atoms with van der Waals surface area (Å²) in [4.78, 5) is 6.10. The molecule has 5 heteroatoms. The molecular formula is C11H17BrFN3. The van der Waals surface area contributed by atoms with Crippen LogP contribution in [0.4, 0.5) is 10.2 Å². The van der Waals surface area contributed by atoms with Crippen LogP contribution in [0.1, 0.15) is 13.3 Å². The number of rotatable bonds is 5. The molecule has 0 aliphatic carbocycles. The van der Waals surface area contributed by atoms with E-state index < -0.39 is 0 Å². The summed E-state index contributed by atoms with van der Waals surface area (Å²) < 4.78 is 14.1. The van der Waals surface area contributed by atoms with Crippen LogP contribution in [0.2, 0.25) is 0 Å². The third kappa shape index (κ3) is 4.45. The summed E-state index contributed by atoms with van der Waals surface area (Å²) in [5.74, 6) is -0.0134. The summed E-state index contributed by atoms with van der Waals surface area (Å²) in [6.07, 6.45) is 2.54. The number of halogens is 2. The van der Waals surface area contributed by atoms with Gasteiger partial charge in [-0.2, -0.15) is 0 Å². The molecule has 1 aromatic heterocycles. The second-order valence-electron chi connectivity index (χ2n) is 4.12. The molecule has 0 aliphatic rings. The van der Waals surface area contributed by atoms with Gasteiger partial charge in [-0.15, -0.1) is 0 Å². The summed E-state index contributed by atoms with van der Waals surface area (Å²) in [7, 11) is 4.04. The van der Waals surface area contributed by atoms with Crippen molar-refractivity contribution in [1.29, 1.82) is 0 Å². The zero-order valence-electron chi connectivity index (χ0n) is 9.80. The van der Waals surface area contributed by atoms with Gasteiger partial charge >= 0.3 is 0 Å². The fraction of sp³-hybridized carbons (Fsp3) is 0.545. The molecule has 0 spiro atoms. The minimum Gasteiger partial charge on any atom is -0.365 e. The maximum Gasteiger partial charge on any atom is 0.166 e. The van der Waals surface area contributed by atoms with Crippen molar-refractivity contribution >= 4 is 21.7 Å². The van der Waals surface area contributed by atoms with E-state index >= 15 is 0 Å². The van der Waals surface area contributed by atoms with E-state index in [9.17, 15) is 4.39 Å². The van der Waals surface area contributed by atoms with E-state index in [1.165, 1.54) is 6.07 Å². The van der Waals surface area contributed by atoms with Crippen LogP contribution < -0.4 is 5.32 Å². The Morgan fingerprint density at radius 1 is 1.56 bits per heavy atom. The number of hydrogen-bond acceptors (Lipinski definition) is 3. The summed E-state index contributed by atoms with van der Waals surface area (Å²) in [5.41, 5.74) is 0. The van der Waals surface area contributed by atoms with E-state index in [1.807, 2.05) is 21.0 Å². The molecule has 0 aliphatic heterocycles. The highest BCUT2D eigenvalue weighted by molar-refractivity contribution is 9.10. The second kappa shape index (κ2) is 6.15. The Kier molecular flexibility index (Phi) is 5.15. The van der Waals surface area contributed by atoms with Gasteiger partial charge in [0, 0.05) is 16.7 Å². The molecule has 16 heavy (non-hydrogen) atoms. The molecule has 1 aromatic rings. The molecule has 1 unspecified atom stereocenters. The summed E-state index contributed by atoms with van der Waals surface area (Å²) in [5, 5.41) is 3.06. The highest BCUT2D eigenvalue weighted by Gasteiger charge is 2.08. The first-order valence-electron chi connectivity index (χ1n) is 5.21. The predicted molar refractivity (Wildman–Crippen MR) is 68.2 cm³/mol. The van der Waals surface area contributed by atoms with Crippen LogP contribution in [0.5, 0.6) is 0 Å². The van der Waals surface area contributed by atoms with Crippen LogP contribution in [0, 0.1) is 5.82 Å². The molecule has 90 valence electrons. The molecule has 1 heterocycles. The van der Waals surface area contributed by atoms with Crippen molar-refractivity contribution in [3.8, 4) is 0 Å². The number of anilines is 1. The molecule has 0 fully saturated rings. The van der Waals surface area contributed by atoms with Crippen molar-refractivity contribution in [2.75, 3.05) is 26.0 Å². The number of hydrogen-bond donors (Lipinski definition) is 1. The van der Waals surface area contributed by atoms with Gasteiger partial charge in [0.15, 0.2) is 11.6 Å². The van der Waals surface area contributed by atoms with Crippen LogP contribution in [0.3, 0.4) is 0 Å². The first-order valence-corrected chi connectivity index (χ1v) is 6.00. The van der Waals surface area contributed by atoms with E-state index in [0.717, 1.165) is 13.0 Å². The highest BCUT2D eigenvalue weighted by Crippen LogP contribution is 2.17. The lowest BCUT2D eigenvalue weighted by Gasteiger charge is -2.17. The lowest BCUT2D eigenvalue weighted by atomic mass is 10.2. The lowest BCUT2D eigenvalue weighted by molar-refractivity contribution is 0.390. The molecule has 1 rings (SSSR count). The first-order chi connectivity index (χ1) is 7.49. The molecule has 0 saturated heterocycles. The fourth-order valence-electron chi connectivity index (χ4n) is 1.28. The van der Waals surface area contributed by atoms with Crippen molar-refractivity contribution in [3.05, 3.63) is 22.6 Å². The Labute approximate surface area is 104 Å². The van der Waals surface area contributed by atoms with Crippen LogP contribution in [0.25, 0.3) is 0 Å². The predicted octanol–water partition coefficient (Wildman–Crippen LogP) is 2.74. The maximum absolute atomic E-state index is 13.4. The quantitative estimate of drug-likeness (QED) is 0.903. The SMILES string of the molecule is CC(CCN(C)C)Nc1ncc(Br)cc1F. The van der Waals surface area contributed by atoms with Crippen molar-refractivity contribution < 1.29 is 4.39 Å². The zero-order valence-corrected chi connectivity index (χ0v) is 11.4. The van der Waals surface area contributed by atoms with Gasteiger partial charge in [-0.25, -0.2) is 9.37 Å². The minimum atomic E-state index is -0.328. The third-order valence-electron chi connectivity index (χ3n) is 2.20. The molecule has 1 N–H and O–H groups in total. The van der Waals surface area contributed by atoms with Gasteiger partial charge in [0.05, 0.1) is 0 Å². The Morgan fingerprint density at radius 2 is 2.25 bits per heavy atom. The van der Waals surface area contributed by atoms with Gasteiger partial charge in [0.1, 0.15) is 0 Å². The maximum atomic E-state index is 13.4. The molecule has 0 radical (unpaired) electrons. The molecular weight excluding hydrogens is 273 g/mol. The molecule has 3 nitrogen and oxygen atoms in total.